The first-order valence-corrected chi connectivity index (χ1v) is 25.7. The predicted molar refractivity (Wildman–Crippen MR) is 289 cm³/mol. The number of methoxy groups -OCH3 is 1. The highest BCUT2D eigenvalue weighted by molar-refractivity contribution is 5.96. The van der Waals surface area contributed by atoms with Crippen molar-refractivity contribution < 1.29 is 28.9 Å². The second-order valence-corrected chi connectivity index (χ2v) is 19.6. The van der Waals surface area contributed by atoms with Crippen molar-refractivity contribution in [2.24, 2.45) is 14.1 Å². The molecule has 1 fully saturated rings. The van der Waals surface area contributed by atoms with Gasteiger partial charge in [-0.2, -0.15) is 0 Å². The van der Waals surface area contributed by atoms with E-state index >= 15 is 0 Å². The molecule has 392 valence electrons. The van der Waals surface area contributed by atoms with E-state index in [1.54, 1.807) is 46.8 Å². The lowest BCUT2D eigenvalue weighted by Gasteiger charge is -2.32. The fraction of sp³-hybridized carbons (Fsp3) is 0.333. The minimum Gasteiger partial charge on any atom is -0.477 e. The molecule has 8 aromatic heterocycles. The molecule has 1 saturated heterocycles. The van der Waals surface area contributed by atoms with Gasteiger partial charge in [-0.05, 0) is 113 Å². The lowest BCUT2D eigenvalue weighted by molar-refractivity contribution is 0.0593. The van der Waals surface area contributed by atoms with Gasteiger partial charge >= 0.3 is 11.9 Å². The van der Waals surface area contributed by atoms with Crippen LogP contribution >= 0.6 is 0 Å². The second kappa shape index (κ2) is 21.2. The number of carboxylic acid groups (broad SMARTS) is 1. The molecule has 12 rings (SSSR count). The number of rotatable bonds is 8. The van der Waals surface area contributed by atoms with E-state index in [1.165, 1.54) is 19.4 Å². The molecule has 77 heavy (non-hydrogen) atoms. The summed E-state index contributed by atoms with van der Waals surface area (Å²) >= 11 is 0. The van der Waals surface area contributed by atoms with Crippen molar-refractivity contribution >= 4 is 62.3 Å². The maximum absolute atomic E-state index is 12.9. The van der Waals surface area contributed by atoms with Gasteiger partial charge in [-0.25, -0.2) is 49.5 Å². The molecule has 0 amide bonds. The summed E-state index contributed by atoms with van der Waals surface area (Å²) in [4.78, 5) is 90.5. The van der Waals surface area contributed by atoms with E-state index in [4.69, 9.17) is 39.3 Å². The zero-order chi connectivity index (χ0) is 53.5. The molecule has 0 radical (unpaired) electrons. The molecular formula is C57H56N12O8. The fourth-order valence-corrected chi connectivity index (χ4v) is 10.6. The molecule has 0 unspecified atom stereocenters. The first kappa shape index (κ1) is 50.5. The van der Waals surface area contributed by atoms with Crippen LogP contribution in [-0.2, 0) is 41.1 Å². The van der Waals surface area contributed by atoms with E-state index in [-0.39, 0.29) is 28.4 Å². The van der Waals surface area contributed by atoms with Crippen LogP contribution in [0.3, 0.4) is 0 Å². The fourth-order valence-electron chi connectivity index (χ4n) is 10.6. The molecule has 8 aromatic rings. The number of fused-ring (bicyclic) bond motifs is 4. The quantitative estimate of drug-likeness (QED) is 0.145. The van der Waals surface area contributed by atoms with Crippen molar-refractivity contribution in [3.8, 4) is 22.8 Å². The predicted octanol–water partition coefficient (Wildman–Crippen LogP) is 7.54. The molecule has 20 nitrogen and oxygen atoms in total. The van der Waals surface area contributed by atoms with Crippen LogP contribution < -0.4 is 20.9 Å². The lowest BCUT2D eigenvalue weighted by Crippen LogP contribution is -2.28. The molecule has 0 saturated carbocycles. The van der Waals surface area contributed by atoms with E-state index in [2.05, 4.69) is 41.9 Å². The lowest BCUT2D eigenvalue weighted by atomic mass is 9.95. The van der Waals surface area contributed by atoms with Crippen molar-refractivity contribution in [3.05, 3.63) is 145 Å². The monoisotopic (exact) mass is 1040 g/mol. The highest BCUT2D eigenvalue weighted by atomic mass is 16.5. The van der Waals surface area contributed by atoms with Crippen molar-refractivity contribution in [2.45, 2.75) is 64.7 Å². The van der Waals surface area contributed by atoms with Crippen LogP contribution in [0.4, 0.5) is 23.0 Å². The number of aromatic carboxylic acids is 1. The number of esters is 1. The van der Waals surface area contributed by atoms with Crippen molar-refractivity contribution in [3.63, 3.8) is 0 Å². The normalized spacial score (nSPS) is 15.6. The van der Waals surface area contributed by atoms with Crippen LogP contribution in [0, 0.1) is 13.8 Å². The Bertz CT molecular complexity index is 3800. The first-order chi connectivity index (χ1) is 37.3. The molecule has 0 spiro atoms. The van der Waals surface area contributed by atoms with Gasteiger partial charge < -0.3 is 38.3 Å². The maximum Gasteiger partial charge on any atom is 0.356 e. The Morgan fingerprint density at radius 3 is 1.73 bits per heavy atom. The van der Waals surface area contributed by atoms with E-state index < -0.39 is 11.9 Å². The Kier molecular flexibility index (Phi) is 13.9. The van der Waals surface area contributed by atoms with Gasteiger partial charge in [0.15, 0.2) is 11.6 Å². The molecule has 12 heterocycles. The number of carboxylic acids is 1. The summed E-state index contributed by atoms with van der Waals surface area (Å²) in [5.74, 6) is 1.35. The van der Waals surface area contributed by atoms with Crippen molar-refractivity contribution in [1.29, 1.82) is 0 Å². The number of aryl methyl sites for hydroxylation is 6. The Labute approximate surface area is 442 Å². The number of carbonyl (C=O) groups is 2. The van der Waals surface area contributed by atoms with Gasteiger partial charge in [0.2, 0.25) is 0 Å². The maximum atomic E-state index is 12.9. The Hall–Kier alpha value is -8.62. The summed E-state index contributed by atoms with van der Waals surface area (Å²) < 4.78 is 19.3. The summed E-state index contributed by atoms with van der Waals surface area (Å²) in [6, 6.07) is 14.4. The Morgan fingerprint density at radius 2 is 1.21 bits per heavy atom. The van der Waals surface area contributed by atoms with Crippen LogP contribution in [0.5, 0.6) is 0 Å². The number of pyridine rings is 6. The summed E-state index contributed by atoms with van der Waals surface area (Å²) in [6.07, 6.45) is 14.7. The van der Waals surface area contributed by atoms with Crippen molar-refractivity contribution in [2.75, 3.05) is 56.4 Å². The highest BCUT2D eigenvalue weighted by Crippen LogP contribution is 2.40. The third-order valence-electron chi connectivity index (χ3n) is 14.7. The number of carbonyl (C=O) groups excluding carboxylic acids is 1. The van der Waals surface area contributed by atoms with Gasteiger partial charge in [-0.15, -0.1) is 0 Å². The number of ether oxygens (including phenoxy) is 3. The minimum atomic E-state index is -1.08. The number of hydrogen-bond acceptors (Lipinski definition) is 17. The van der Waals surface area contributed by atoms with Crippen LogP contribution in [0.2, 0.25) is 0 Å². The Morgan fingerprint density at radius 1 is 0.649 bits per heavy atom. The van der Waals surface area contributed by atoms with Gasteiger partial charge in [0, 0.05) is 97.4 Å². The highest BCUT2D eigenvalue weighted by Gasteiger charge is 2.29. The van der Waals surface area contributed by atoms with Gasteiger partial charge in [0.1, 0.15) is 23.0 Å². The first-order valence-electron chi connectivity index (χ1n) is 25.7. The Balaban J connectivity index is 0.000000164. The third kappa shape index (κ3) is 9.81. The van der Waals surface area contributed by atoms with Crippen LogP contribution in [0.15, 0.2) is 89.0 Å². The van der Waals surface area contributed by atoms with Crippen LogP contribution in [0.1, 0.15) is 92.9 Å². The zero-order valence-corrected chi connectivity index (χ0v) is 43.4. The van der Waals surface area contributed by atoms with Crippen LogP contribution in [-0.4, -0.2) is 113 Å². The summed E-state index contributed by atoms with van der Waals surface area (Å²) in [7, 11) is 4.95. The topological polar surface area (TPSA) is 236 Å². The molecule has 20 heteroatoms. The zero-order valence-electron chi connectivity index (χ0n) is 43.4. The number of anilines is 4. The average molecular weight is 1040 g/mol. The molecule has 0 aromatic carbocycles. The molecule has 1 N–H and O–H groups in total. The molecular weight excluding hydrogens is 981 g/mol. The molecule has 0 atom stereocenters. The largest absolute Gasteiger partial charge is 0.477 e. The van der Waals surface area contributed by atoms with Crippen molar-refractivity contribution in [1.82, 2.24) is 49.0 Å². The minimum absolute atomic E-state index is 0.00331. The molecule has 4 aliphatic heterocycles. The number of aromatic nitrogens is 10. The van der Waals surface area contributed by atoms with Gasteiger partial charge in [0.05, 0.1) is 72.2 Å². The molecule has 0 bridgehead atoms. The smallest absolute Gasteiger partial charge is 0.356 e. The SMILES string of the molecule is COC(=O)c1ccc(-c2ncc3c(n2)CCCN3c2nc(C3CCOCC3)cc3c2cc(C)c(=O)n3C)cn1.Cc1cc2c(N3CCCc4nc(-c5ccc(C(=O)O)nc5)ncc43)nc(C3=CCOCC3)cc2n(C)c1=O. The number of hydrogen-bond donors (Lipinski definition) is 1. The molecule has 4 aliphatic rings. The second-order valence-electron chi connectivity index (χ2n) is 19.6. The van der Waals surface area contributed by atoms with Gasteiger partial charge in [-0.1, -0.05) is 6.08 Å². The van der Waals surface area contributed by atoms with E-state index in [9.17, 15) is 19.2 Å². The van der Waals surface area contributed by atoms with E-state index in [1.807, 2.05) is 45.3 Å². The van der Waals surface area contributed by atoms with E-state index in [0.717, 1.165) is 137 Å². The van der Waals surface area contributed by atoms with Gasteiger partial charge in [-0.3, -0.25) is 9.59 Å². The summed E-state index contributed by atoms with van der Waals surface area (Å²) in [5, 5.41) is 11.0. The summed E-state index contributed by atoms with van der Waals surface area (Å²) in [6.45, 7) is 7.78. The number of nitrogens with zero attached hydrogens (tertiary/aromatic N) is 12. The standard InChI is InChI=1S/C29H30N6O4.C28H26N6O4/c1-17-13-20-24(34(2)28(17)36)14-23(18-8-11-39-12-9-18)33-27(20)35-10-4-5-21-25(35)16-31-26(32-21)19-6-7-22(30-15-19)29(37)38-3;1-16-12-19-23(33(2)27(16)35)13-22(17-7-10-38-11-8-17)32-26(19)34-9-3-4-20-24(34)15-30-25(31-20)18-5-6-21(28(36)37)29-14-18/h6-7,13-16,18H,4-5,8-12H2,1-3H3;5-7,12-15H,3-4,8-11H2,1-2H3,(H,36,37). The van der Waals surface area contributed by atoms with E-state index in [0.29, 0.717) is 54.8 Å². The molecule has 0 aliphatic carbocycles. The summed E-state index contributed by atoms with van der Waals surface area (Å²) in [5.41, 5.74) is 11.1. The third-order valence-corrected chi connectivity index (χ3v) is 14.7. The van der Waals surface area contributed by atoms with Gasteiger partial charge in [0.25, 0.3) is 11.1 Å². The van der Waals surface area contributed by atoms with Crippen LogP contribution in [0.25, 0.3) is 50.2 Å². The average Bonchev–Trinajstić information content (AvgIpc) is 3.55.